The van der Waals surface area contributed by atoms with Crippen LogP contribution in [0.15, 0.2) is 0 Å². The number of aliphatic hydroxyl groups excluding tert-OH is 1. The molecule has 19 heavy (non-hydrogen) atoms. The van der Waals surface area contributed by atoms with Crippen LogP contribution in [0.1, 0.15) is 40.5 Å². The molecule has 1 rings (SSSR count). The highest BCUT2D eigenvalue weighted by molar-refractivity contribution is 6.60. The second kappa shape index (κ2) is 11.8. The summed E-state index contributed by atoms with van der Waals surface area (Å²) in [6.45, 7) is 11.1. The average Bonchev–Trinajstić information content (AvgIpc) is 3.22. The van der Waals surface area contributed by atoms with Crippen LogP contribution >= 0.6 is 0 Å². The third kappa shape index (κ3) is 9.54. The highest BCUT2D eigenvalue weighted by atomic mass is 28.4. The van der Waals surface area contributed by atoms with Crippen LogP contribution in [0.5, 0.6) is 0 Å². The topological polar surface area (TPSA) is 60.5 Å². The first kappa shape index (κ1) is 19.0. The standard InChI is InChI=1S/C10H24O3Si.C3H6O2/c1-5-9-10-14(11-6-2,12-7-3)13-8-4;4-1-3-2-5-3/h5-10H2,1-4H3;3-4H,1-2H2. The summed E-state index contributed by atoms with van der Waals surface area (Å²) in [5.41, 5.74) is 0. The van der Waals surface area contributed by atoms with Gasteiger partial charge in [0.1, 0.15) is 6.10 Å². The van der Waals surface area contributed by atoms with E-state index in [1.807, 2.05) is 20.8 Å². The smallest absolute Gasteiger partial charge is 0.394 e. The molecule has 1 atom stereocenters. The van der Waals surface area contributed by atoms with Gasteiger partial charge >= 0.3 is 8.80 Å². The van der Waals surface area contributed by atoms with Gasteiger partial charge in [0.15, 0.2) is 0 Å². The minimum Gasteiger partial charge on any atom is -0.394 e. The number of unbranched alkanes of at least 4 members (excludes halogenated alkanes) is 1. The van der Waals surface area contributed by atoms with E-state index in [4.69, 9.17) is 18.4 Å². The van der Waals surface area contributed by atoms with Crippen molar-refractivity contribution >= 4 is 8.80 Å². The molecular weight excluding hydrogens is 264 g/mol. The van der Waals surface area contributed by atoms with Crippen LogP contribution in [0.25, 0.3) is 0 Å². The normalized spacial score (nSPS) is 17.8. The number of hydrogen-bond acceptors (Lipinski definition) is 5. The predicted molar refractivity (Wildman–Crippen MR) is 77.2 cm³/mol. The van der Waals surface area contributed by atoms with Gasteiger partial charge in [-0.3, -0.25) is 0 Å². The van der Waals surface area contributed by atoms with E-state index >= 15 is 0 Å². The molecule has 5 nitrogen and oxygen atoms in total. The van der Waals surface area contributed by atoms with Crippen LogP contribution in [0, 0.1) is 0 Å². The quantitative estimate of drug-likeness (QED) is 0.494. The van der Waals surface area contributed by atoms with E-state index in [1.54, 1.807) is 0 Å². The number of aliphatic hydroxyl groups is 1. The van der Waals surface area contributed by atoms with Gasteiger partial charge < -0.3 is 23.1 Å². The second-order valence-corrected chi connectivity index (χ2v) is 6.96. The Labute approximate surface area is 118 Å². The van der Waals surface area contributed by atoms with Gasteiger partial charge in [0.2, 0.25) is 0 Å². The first-order valence-electron chi connectivity index (χ1n) is 7.32. The second-order valence-electron chi connectivity index (χ2n) is 4.22. The van der Waals surface area contributed by atoms with Gasteiger partial charge in [-0.05, 0) is 27.2 Å². The van der Waals surface area contributed by atoms with Crippen LogP contribution in [0.2, 0.25) is 6.04 Å². The summed E-state index contributed by atoms with van der Waals surface area (Å²) < 4.78 is 21.7. The van der Waals surface area contributed by atoms with Crippen molar-refractivity contribution in [3.8, 4) is 0 Å². The Hall–Kier alpha value is 0.0169. The molecule has 116 valence electrons. The zero-order valence-corrected chi connectivity index (χ0v) is 13.8. The highest BCUT2D eigenvalue weighted by Gasteiger charge is 2.39. The maximum absolute atomic E-state index is 8.08. The lowest BCUT2D eigenvalue weighted by atomic mass is 10.4. The lowest BCUT2D eigenvalue weighted by molar-refractivity contribution is 0.0708. The molecule has 1 saturated heterocycles. The molecule has 1 N–H and O–H groups in total. The van der Waals surface area contributed by atoms with Gasteiger partial charge in [0.05, 0.1) is 13.2 Å². The van der Waals surface area contributed by atoms with Gasteiger partial charge in [-0.1, -0.05) is 13.3 Å². The molecule has 1 fully saturated rings. The van der Waals surface area contributed by atoms with Crippen LogP contribution < -0.4 is 0 Å². The van der Waals surface area contributed by atoms with Crippen LogP contribution in [0.3, 0.4) is 0 Å². The monoisotopic (exact) mass is 294 g/mol. The Morgan fingerprint density at radius 1 is 1.05 bits per heavy atom. The molecule has 0 saturated carbocycles. The fourth-order valence-corrected chi connectivity index (χ4v) is 4.36. The van der Waals surface area contributed by atoms with Crippen molar-refractivity contribution < 1.29 is 23.1 Å². The molecule has 1 aliphatic heterocycles. The molecule has 1 aliphatic rings. The fourth-order valence-electron chi connectivity index (χ4n) is 1.57. The van der Waals surface area contributed by atoms with E-state index in [9.17, 15) is 0 Å². The maximum Gasteiger partial charge on any atom is 0.500 e. The third-order valence-corrected chi connectivity index (χ3v) is 5.69. The molecule has 0 bridgehead atoms. The summed E-state index contributed by atoms with van der Waals surface area (Å²) in [5.74, 6) is 0. The summed E-state index contributed by atoms with van der Waals surface area (Å²) in [4.78, 5) is 0. The van der Waals surface area contributed by atoms with Gasteiger partial charge in [-0.15, -0.1) is 0 Å². The van der Waals surface area contributed by atoms with Crippen molar-refractivity contribution in [2.24, 2.45) is 0 Å². The summed E-state index contributed by atoms with van der Waals surface area (Å²) in [7, 11) is -2.32. The zero-order valence-electron chi connectivity index (χ0n) is 12.8. The molecule has 0 spiro atoms. The summed E-state index contributed by atoms with van der Waals surface area (Å²) in [6, 6.07) is 0.943. The van der Waals surface area contributed by atoms with Gasteiger partial charge in [0, 0.05) is 25.9 Å². The molecular formula is C13H30O5Si. The zero-order chi connectivity index (χ0) is 14.6. The number of rotatable bonds is 10. The average molecular weight is 294 g/mol. The predicted octanol–water partition coefficient (Wildman–Crippen LogP) is 2.21. The van der Waals surface area contributed by atoms with Crippen LogP contribution in [-0.2, 0) is 18.0 Å². The molecule has 0 radical (unpaired) electrons. The lowest BCUT2D eigenvalue weighted by Crippen LogP contribution is -2.45. The lowest BCUT2D eigenvalue weighted by Gasteiger charge is -2.28. The molecule has 1 unspecified atom stereocenters. The number of hydrogen-bond donors (Lipinski definition) is 1. The first-order chi connectivity index (χ1) is 9.17. The van der Waals surface area contributed by atoms with E-state index in [0.29, 0.717) is 19.8 Å². The fraction of sp³-hybridized carbons (Fsp3) is 1.00. The van der Waals surface area contributed by atoms with Gasteiger partial charge in [-0.25, -0.2) is 0 Å². The molecule has 0 aliphatic carbocycles. The van der Waals surface area contributed by atoms with Crippen molar-refractivity contribution in [3.05, 3.63) is 0 Å². The SMILES string of the molecule is CCCC[Si](OCC)(OCC)OCC.OCC1CO1. The Bertz CT molecular complexity index is 182. The van der Waals surface area contributed by atoms with E-state index in [-0.39, 0.29) is 12.7 Å². The van der Waals surface area contributed by atoms with E-state index in [0.717, 1.165) is 25.5 Å². The highest BCUT2D eigenvalue weighted by Crippen LogP contribution is 2.18. The van der Waals surface area contributed by atoms with Crippen molar-refractivity contribution in [2.45, 2.75) is 52.7 Å². The molecule has 0 aromatic carbocycles. The van der Waals surface area contributed by atoms with Gasteiger partial charge in [-0.2, -0.15) is 0 Å². The van der Waals surface area contributed by atoms with Gasteiger partial charge in [0.25, 0.3) is 0 Å². The Morgan fingerprint density at radius 2 is 1.53 bits per heavy atom. The Balaban J connectivity index is 0.000000532. The molecule has 0 aromatic rings. The van der Waals surface area contributed by atoms with Crippen molar-refractivity contribution in [3.63, 3.8) is 0 Å². The van der Waals surface area contributed by atoms with E-state index in [1.165, 1.54) is 0 Å². The largest absolute Gasteiger partial charge is 0.500 e. The minimum absolute atomic E-state index is 0.190. The Morgan fingerprint density at radius 3 is 1.74 bits per heavy atom. The first-order valence-corrected chi connectivity index (χ1v) is 9.25. The number of ether oxygens (including phenoxy) is 1. The molecule has 0 aromatic heterocycles. The third-order valence-electron chi connectivity index (χ3n) is 2.54. The van der Waals surface area contributed by atoms with Crippen molar-refractivity contribution in [1.29, 1.82) is 0 Å². The minimum atomic E-state index is -2.32. The number of epoxide rings is 1. The van der Waals surface area contributed by atoms with Crippen LogP contribution in [-0.4, -0.2) is 53.0 Å². The maximum atomic E-state index is 8.08. The summed E-state index contributed by atoms with van der Waals surface area (Å²) in [5, 5.41) is 8.08. The molecule has 1 heterocycles. The van der Waals surface area contributed by atoms with Crippen molar-refractivity contribution in [2.75, 3.05) is 33.0 Å². The molecule has 0 amide bonds. The summed E-state index contributed by atoms with van der Waals surface area (Å²) >= 11 is 0. The molecule has 6 heteroatoms. The van der Waals surface area contributed by atoms with E-state index in [2.05, 4.69) is 11.7 Å². The van der Waals surface area contributed by atoms with Crippen molar-refractivity contribution in [1.82, 2.24) is 0 Å². The Kier molecular flexibility index (Phi) is 11.8. The van der Waals surface area contributed by atoms with Crippen LogP contribution in [0.4, 0.5) is 0 Å². The van der Waals surface area contributed by atoms with E-state index < -0.39 is 8.80 Å². The summed E-state index contributed by atoms with van der Waals surface area (Å²) in [6.07, 6.45) is 2.46.